The van der Waals surface area contributed by atoms with Gasteiger partial charge in [-0.3, -0.25) is 4.79 Å². The highest BCUT2D eigenvalue weighted by molar-refractivity contribution is 7.89. The number of nitrogens with zero attached hydrogens (tertiary/aromatic N) is 2. The lowest BCUT2D eigenvalue weighted by Gasteiger charge is -2.35. The molecule has 2 aromatic rings. The SMILES string of the molecule is CC(Oc1ccccc1)C(=O)NCCS(=O)(=O)N1CCN(c2cccc(C(F)(F)F)c2)CC1. The van der Waals surface area contributed by atoms with Crippen LogP contribution in [0, 0.1) is 0 Å². The Hall–Kier alpha value is -2.79. The van der Waals surface area contributed by atoms with Gasteiger partial charge in [0, 0.05) is 38.4 Å². The number of ether oxygens (including phenoxy) is 1. The third-order valence-electron chi connectivity index (χ3n) is 5.26. The third kappa shape index (κ3) is 6.84. The van der Waals surface area contributed by atoms with Gasteiger partial charge < -0.3 is 15.0 Å². The molecule has 0 aromatic heterocycles. The van der Waals surface area contributed by atoms with Gasteiger partial charge in [0.15, 0.2) is 6.10 Å². The van der Waals surface area contributed by atoms with Crippen molar-refractivity contribution < 1.29 is 31.1 Å². The number of piperazine rings is 1. The first-order valence-corrected chi connectivity index (χ1v) is 12.1. The summed E-state index contributed by atoms with van der Waals surface area (Å²) in [5.41, 5.74) is -0.335. The van der Waals surface area contributed by atoms with Gasteiger partial charge in [0.25, 0.3) is 5.91 Å². The predicted molar refractivity (Wildman–Crippen MR) is 119 cm³/mol. The number of halogens is 3. The Morgan fingerprint density at radius 3 is 2.36 bits per heavy atom. The molecule has 1 unspecified atom stereocenters. The van der Waals surface area contributed by atoms with Crippen molar-refractivity contribution in [3.8, 4) is 5.75 Å². The molecular weight excluding hydrogens is 459 g/mol. The molecule has 33 heavy (non-hydrogen) atoms. The number of rotatable bonds is 8. The second kappa shape index (κ2) is 10.4. The summed E-state index contributed by atoms with van der Waals surface area (Å²) >= 11 is 0. The highest BCUT2D eigenvalue weighted by atomic mass is 32.2. The minimum absolute atomic E-state index is 0.0719. The number of alkyl halides is 3. The van der Waals surface area contributed by atoms with E-state index in [1.807, 2.05) is 6.07 Å². The summed E-state index contributed by atoms with van der Waals surface area (Å²) < 4.78 is 70.9. The van der Waals surface area contributed by atoms with Crippen LogP contribution in [0.15, 0.2) is 54.6 Å². The summed E-state index contributed by atoms with van der Waals surface area (Å²) in [4.78, 5) is 13.9. The molecule has 1 N–H and O–H groups in total. The third-order valence-corrected chi connectivity index (χ3v) is 7.13. The number of carbonyl (C=O) groups excluding carboxylic acids is 1. The quantitative estimate of drug-likeness (QED) is 0.622. The predicted octanol–water partition coefficient (Wildman–Crippen LogP) is 2.74. The molecule has 3 rings (SSSR count). The Morgan fingerprint density at radius 2 is 1.73 bits per heavy atom. The lowest BCUT2D eigenvalue weighted by atomic mass is 10.1. The fraction of sp³-hybridized carbons (Fsp3) is 0.409. The van der Waals surface area contributed by atoms with Crippen LogP contribution in [0.5, 0.6) is 5.75 Å². The molecule has 180 valence electrons. The van der Waals surface area contributed by atoms with Crippen molar-refractivity contribution in [3.05, 3.63) is 60.2 Å². The Morgan fingerprint density at radius 1 is 1.06 bits per heavy atom. The molecule has 0 radical (unpaired) electrons. The zero-order chi connectivity index (χ0) is 24.1. The number of hydrogen-bond acceptors (Lipinski definition) is 5. The molecule has 1 fully saturated rings. The molecule has 11 heteroatoms. The van der Waals surface area contributed by atoms with E-state index in [4.69, 9.17) is 4.74 Å². The summed E-state index contributed by atoms with van der Waals surface area (Å²) in [7, 11) is -3.63. The topological polar surface area (TPSA) is 78.9 Å². The summed E-state index contributed by atoms with van der Waals surface area (Å²) in [6.07, 6.45) is -5.22. The Kier molecular flexibility index (Phi) is 7.85. The minimum Gasteiger partial charge on any atom is -0.481 e. The molecule has 0 spiro atoms. The number of para-hydroxylation sites is 1. The molecule has 1 aliphatic rings. The van der Waals surface area contributed by atoms with Gasteiger partial charge in [-0.25, -0.2) is 8.42 Å². The number of amides is 1. The van der Waals surface area contributed by atoms with Crippen LogP contribution in [-0.2, 0) is 21.0 Å². The zero-order valence-electron chi connectivity index (χ0n) is 18.1. The van der Waals surface area contributed by atoms with Crippen LogP contribution in [0.25, 0.3) is 0 Å². The van der Waals surface area contributed by atoms with E-state index in [2.05, 4.69) is 5.32 Å². The van der Waals surface area contributed by atoms with Gasteiger partial charge in [0.05, 0.1) is 11.3 Å². The van der Waals surface area contributed by atoms with E-state index in [9.17, 15) is 26.4 Å². The maximum absolute atomic E-state index is 12.9. The number of benzene rings is 2. The van der Waals surface area contributed by atoms with Gasteiger partial charge in [0.1, 0.15) is 5.75 Å². The van der Waals surface area contributed by atoms with Crippen molar-refractivity contribution in [1.29, 1.82) is 0 Å². The molecule has 0 saturated carbocycles. The number of sulfonamides is 1. The molecule has 0 bridgehead atoms. The van der Waals surface area contributed by atoms with E-state index in [-0.39, 0.29) is 38.5 Å². The number of anilines is 1. The van der Waals surface area contributed by atoms with Crippen molar-refractivity contribution >= 4 is 21.6 Å². The first-order valence-electron chi connectivity index (χ1n) is 10.5. The van der Waals surface area contributed by atoms with Crippen molar-refractivity contribution in [2.24, 2.45) is 0 Å². The van der Waals surface area contributed by atoms with Crippen molar-refractivity contribution in [3.63, 3.8) is 0 Å². The van der Waals surface area contributed by atoms with E-state index in [1.165, 1.54) is 10.4 Å². The number of nitrogens with one attached hydrogen (secondary N) is 1. The lowest BCUT2D eigenvalue weighted by Crippen LogP contribution is -2.50. The van der Waals surface area contributed by atoms with Gasteiger partial charge >= 0.3 is 6.18 Å². The average Bonchev–Trinajstić information content (AvgIpc) is 2.79. The Bertz CT molecular complexity index is 1040. The van der Waals surface area contributed by atoms with Crippen LogP contribution >= 0.6 is 0 Å². The molecule has 1 aliphatic heterocycles. The van der Waals surface area contributed by atoms with E-state index >= 15 is 0 Å². The minimum atomic E-state index is -4.44. The molecule has 0 aliphatic carbocycles. The standard InChI is InChI=1S/C22H26F3N3O4S/c1-17(32-20-8-3-2-4-9-20)21(29)26-10-15-33(30,31)28-13-11-27(12-14-28)19-7-5-6-18(16-19)22(23,24)25/h2-9,16-17H,10-15H2,1H3,(H,26,29). The summed E-state index contributed by atoms with van der Waals surface area (Å²) in [5, 5.41) is 2.57. The van der Waals surface area contributed by atoms with Crippen LogP contribution in [-0.4, -0.2) is 63.2 Å². The summed E-state index contributed by atoms with van der Waals surface area (Å²) in [6.45, 7) is 2.35. The van der Waals surface area contributed by atoms with Gasteiger partial charge in [-0.2, -0.15) is 17.5 Å². The van der Waals surface area contributed by atoms with Gasteiger partial charge in [-0.15, -0.1) is 0 Å². The smallest absolute Gasteiger partial charge is 0.416 e. The normalized spacial score (nSPS) is 16.3. The van der Waals surface area contributed by atoms with E-state index in [1.54, 1.807) is 42.2 Å². The first-order chi connectivity index (χ1) is 15.6. The second-order valence-electron chi connectivity index (χ2n) is 7.61. The Labute approximate surface area is 191 Å². The fourth-order valence-corrected chi connectivity index (χ4v) is 4.77. The van der Waals surface area contributed by atoms with Gasteiger partial charge in [-0.05, 0) is 37.3 Å². The van der Waals surface area contributed by atoms with Crippen molar-refractivity contribution in [2.75, 3.05) is 43.4 Å². The highest BCUT2D eigenvalue weighted by Gasteiger charge is 2.32. The fourth-order valence-electron chi connectivity index (χ4n) is 3.44. The summed E-state index contributed by atoms with van der Waals surface area (Å²) in [6, 6.07) is 13.8. The largest absolute Gasteiger partial charge is 0.481 e. The van der Waals surface area contributed by atoms with Crippen LogP contribution in [0.4, 0.5) is 18.9 Å². The molecular formula is C22H26F3N3O4S. The molecule has 7 nitrogen and oxygen atoms in total. The number of carbonyl (C=O) groups is 1. The van der Waals surface area contributed by atoms with Crippen molar-refractivity contribution in [2.45, 2.75) is 19.2 Å². The van der Waals surface area contributed by atoms with Crippen LogP contribution in [0.3, 0.4) is 0 Å². The highest BCUT2D eigenvalue weighted by Crippen LogP contribution is 2.32. The Balaban J connectivity index is 1.46. The van der Waals surface area contributed by atoms with E-state index in [0.29, 0.717) is 11.4 Å². The maximum atomic E-state index is 12.9. The molecule has 1 amide bonds. The maximum Gasteiger partial charge on any atom is 0.416 e. The van der Waals surface area contributed by atoms with Crippen LogP contribution in [0.1, 0.15) is 12.5 Å². The van der Waals surface area contributed by atoms with Gasteiger partial charge in [0.2, 0.25) is 10.0 Å². The van der Waals surface area contributed by atoms with Crippen LogP contribution in [0.2, 0.25) is 0 Å². The van der Waals surface area contributed by atoms with Gasteiger partial charge in [-0.1, -0.05) is 24.3 Å². The zero-order valence-corrected chi connectivity index (χ0v) is 18.9. The van der Waals surface area contributed by atoms with E-state index < -0.39 is 33.8 Å². The number of hydrogen-bond donors (Lipinski definition) is 1. The summed E-state index contributed by atoms with van der Waals surface area (Å²) in [5.74, 6) is -0.171. The van der Waals surface area contributed by atoms with Crippen molar-refractivity contribution in [1.82, 2.24) is 9.62 Å². The molecule has 2 aromatic carbocycles. The molecule has 1 heterocycles. The second-order valence-corrected chi connectivity index (χ2v) is 9.70. The lowest BCUT2D eigenvalue weighted by molar-refractivity contribution is -0.137. The average molecular weight is 486 g/mol. The first kappa shape index (κ1) is 24.8. The molecule has 1 atom stereocenters. The van der Waals surface area contributed by atoms with E-state index in [0.717, 1.165) is 12.1 Å². The monoisotopic (exact) mass is 485 g/mol. The van der Waals surface area contributed by atoms with Crippen LogP contribution < -0.4 is 15.0 Å². The molecule has 1 saturated heterocycles.